The lowest BCUT2D eigenvalue weighted by Crippen LogP contribution is -2.13. The van der Waals surface area contributed by atoms with Crippen LogP contribution in [0.5, 0.6) is 0 Å². The van der Waals surface area contributed by atoms with E-state index in [1.165, 1.54) is 18.2 Å². The molecule has 0 aliphatic rings. The summed E-state index contributed by atoms with van der Waals surface area (Å²) < 4.78 is 0. The van der Waals surface area contributed by atoms with Gasteiger partial charge in [0.25, 0.3) is 5.69 Å². The Morgan fingerprint density at radius 2 is 2.25 bits per heavy atom. The molecule has 0 amide bonds. The quantitative estimate of drug-likeness (QED) is 0.398. The van der Waals surface area contributed by atoms with E-state index in [4.69, 9.17) is 5.11 Å². The molecule has 6 heteroatoms. The number of non-ortho nitro benzene ring substituents is 1. The molecule has 0 aliphatic heterocycles. The molecule has 0 aromatic heterocycles. The smallest absolute Gasteiger partial charge is 0.269 e. The number of ketones is 1. The molecule has 1 atom stereocenters. The molecule has 0 spiro atoms. The van der Waals surface area contributed by atoms with E-state index in [1.807, 2.05) is 0 Å². The minimum absolute atomic E-state index is 0.136. The van der Waals surface area contributed by atoms with E-state index in [2.05, 4.69) is 15.9 Å². The van der Waals surface area contributed by atoms with Crippen molar-refractivity contribution in [2.24, 2.45) is 0 Å². The van der Waals surface area contributed by atoms with Crippen molar-refractivity contribution in [1.29, 1.82) is 0 Å². The number of Topliss-reactive ketones (excluding diaryl/α,β-unsaturated/α-hetero) is 1. The fourth-order valence-corrected chi connectivity index (χ4v) is 1.53. The largest absolute Gasteiger partial charge is 0.392 e. The molecule has 1 aromatic rings. The van der Waals surface area contributed by atoms with Crippen LogP contribution in [0.15, 0.2) is 18.2 Å². The molecule has 0 aliphatic carbocycles. The summed E-state index contributed by atoms with van der Waals surface area (Å²) in [7, 11) is 0. The highest BCUT2D eigenvalue weighted by Crippen LogP contribution is 2.20. The summed E-state index contributed by atoms with van der Waals surface area (Å²) in [6.45, 7) is 1.26. The molecule has 16 heavy (non-hydrogen) atoms. The second kappa shape index (κ2) is 5.18. The Hall–Kier alpha value is -1.27. The summed E-state index contributed by atoms with van der Waals surface area (Å²) in [5.74, 6) is -0.209. The van der Waals surface area contributed by atoms with Crippen molar-refractivity contribution in [3.05, 3.63) is 39.4 Å². The van der Waals surface area contributed by atoms with E-state index < -0.39 is 11.5 Å². The van der Waals surface area contributed by atoms with Gasteiger partial charge in [-0.15, -0.1) is 0 Å². The molecule has 0 heterocycles. The van der Waals surface area contributed by atoms with Gasteiger partial charge in [-0.1, -0.05) is 15.9 Å². The van der Waals surface area contributed by atoms with Crippen molar-refractivity contribution >= 4 is 27.4 Å². The number of aliphatic hydroxyl groups is 1. The zero-order valence-electron chi connectivity index (χ0n) is 8.51. The van der Waals surface area contributed by atoms with Gasteiger partial charge >= 0.3 is 0 Å². The van der Waals surface area contributed by atoms with Crippen LogP contribution >= 0.6 is 15.9 Å². The SMILES string of the molecule is CC(Br)C(=O)c1ccc([N+](=O)[O-])cc1CO. The van der Waals surface area contributed by atoms with E-state index in [-0.39, 0.29) is 21.9 Å². The van der Waals surface area contributed by atoms with Crippen LogP contribution in [0.3, 0.4) is 0 Å². The third-order valence-electron chi connectivity index (χ3n) is 2.10. The van der Waals surface area contributed by atoms with E-state index in [0.29, 0.717) is 5.56 Å². The van der Waals surface area contributed by atoms with Crippen LogP contribution < -0.4 is 0 Å². The topological polar surface area (TPSA) is 80.4 Å². The molecule has 1 unspecified atom stereocenters. The van der Waals surface area contributed by atoms with Crippen molar-refractivity contribution in [3.63, 3.8) is 0 Å². The molecule has 0 saturated carbocycles. The molecule has 1 aromatic carbocycles. The molecule has 0 saturated heterocycles. The first-order valence-corrected chi connectivity index (χ1v) is 5.45. The lowest BCUT2D eigenvalue weighted by Gasteiger charge is -2.07. The maximum absolute atomic E-state index is 11.7. The van der Waals surface area contributed by atoms with Gasteiger partial charge in [-0.3, -0.25) is 14.9 Å². The lowest BCUT2D eigenvalue weighted by atomic mass is 10.0. The fraction of sp³-hybridized carbons (Fsp3) is 0.300. The predicted molar refractivity (Wildman–Crippen MR) is 61.7 cm³/mol. The summed E-state index contributed by atoms with van der Waals surface area (Å²) in [6, 6.07) is 3.83. The molecule has 0 bridgehead atoms. The summed E-state index contributed by atoms with van der Waals surface area (Å²) in [5.41, 5.74) is 0.436. The summed E-state index contributed by atoms with van der Waals surface area (Å²) in [6.07, 6.45) is 0. The molecule has 1 N–H and O–H groups in total. The normalized spacial score (nSPS) is 12.2. The van der Waals surface area contributed by atoms with Gasteiger partial charge in [0, 0.05) is 17.7 Å². The second-order valence-electron chi connectivity index (χ2n) is 3.24. The minimum Gasteiger partial charge on any atom is -0.392 e. The van der Waals surface area contributed by atoms with Crippen molar-refractivity contribution < 1.29 is 14.8 Å². The number of nitro benzene ring substituents is 1. The maximum Gasteiger partial charge on any atom is 0.269 e. The third kappa shape index (κ3) is 2.65. The van der Waals surface area contributed by atoms with Gasteiger partial charge in [0.2, 0.25) is 0 Å². The Kier molecular flexibility index (Phi) is 4.14. The Balaban J connectivity index is 3.22. The average Bonchev–Trinajstić information content (AvgIpc) is 2.26. The fourth-order valence-electron chi connectivity index (χ4n) is 1.28. The predicted octanol–water partition coefficient (Wildman–Crippen LogP) is 2.05. The number of hydrogen-bond acceptors (Lipinski definition) is 4. The lowest BCUT2D eigenvalue weighted by molar-refractivity contribution is -0.384. The highest BCUT2D eigenvalue weighted by Gasteiger charge is 2.18. The van der Waals surface area contributed by atoms with Crippen LogP contribution in [-0.4, -0.2) is 20.6 Å². The zero-order chi connectivity index (χ0) is 12.3. The summed E-state index contributed by atoms with van der Waals surface area (Å²) in [5, 5.41) is 19.6. The van der Waals surface area contributed by atoms with E-state index in [9.17, 15) is 14.9 Å². The van der Waals surface area contributed by atoms with Gasteiger partial charge < -0.3 is 5.11 Å². The highest BCUT2D eigenvalue weighted by atomic mass is 79.9. The van der Waals surface area contributed by atoms with Crippen molar-refractivity contribution in [1.82, 2.24) is 0 Å². The standard InChI is InChI=1S/C10H10BrNO4/c1-6(11)10(14)9-3-2-8(12(15)16)4-7(9)5-13/h2-4,6,13H,5H2,1H3. The Morgan fingerprint density at radius 3 is 2.69 bits per heavy atom. The average molecular weight is 288 g/mol. The van der Waals surface area contributed by atoms with Crippen LogP contribution in [0.1, 0.15) is 22.8 Å². The first-order chi connectivity index (χ1) is 7.47. The van der Waals surface area contributed by atoms with Crippen LogP contribution in [0, 0.1) is 10.1 Å². The number of nitrogens with zero attached hydrogens (tertiary/aromatic N) is 1. The van der Waals surface area contributed by atoms with Gasteiger partial charge in [0.05, 0.1) is 16.4 Å². The molecule has 0 radical (unpaired) electrons. The molecule has 0 fully saturated rings. The first kappa shape index (κ1) is 12.8. The molecular formula is C10H10BrNO4. The zero-order valence-corrected chi connectivity index (χ0v) is 10.1. The number of halogens is 1. The number of nitro groups is 1. The van der Waals surface area contributed by atoms with Crippen LogP contribution in [0.25, 0.3) is 0 Å². The molecule has 86 valence electrons. The monoisotopic (exact) mass is 287 g/mol. The molecule has 5 nitrogen and oxygen atoms in total. The number of carbonyl (C=O) groups is 1. The number of hydrogen-bond donors (Lipinski definition) is 1. The third-order valence-corrected chi connectivity index (χ3v) is 2.51. The van der Waals surface area contributed by atoms with Crippen molar-refractivity contribution in [2.75, 3.05) is 0 Å². The van der Waals surface area contributed by atoms with Crippen molar-refractivity contribution in [3.8, 4) is 0 Å². The van der Waals surface area contributed by atoms with E-state index in [1.54, 1.807) is 6.92 Å². The number of carbonyl (C=O) groups excluding carboxylic acids is 1. The number of rotatable bonds is 4. The van der Waals surface area contributed by atoms with Gasteiger partial charge in [0.1, 0.15) is 0 Å². The van der Waals surface area contributed by atoms with Crippen molar-refractivity contribution in [2.45, 2.75) is 18.4 Å². The minimum atomic E-state index is -0.565. The number of aliphatic hydroxyl groups excluding tert-OH is 1. The van der Waals surface area contributed by atoms with Gasteiger partial charge in [-0.05, 0) is 18.6 Å². The van der Waals surface area contributed by atoms with E-state index >= 15 is 0 Å². The Bertz CT molecular complexity index is 431. The van der Waals surface area contributed by atoms with Crippen LogP contribution in [0.4, 0.5) is 5.69 Å². The Labute approximate surface area is 100 Å². The highest BCUT2D eigenvalue weighted by molar-refractivity contribution is 9.10. The second-order valence-corrected chi connectivity index (χ2v) is 4.61. The number of alkyl halides is 1. The summed E-state index contributed by atoms with van der Waals surface area (Å²) >= 11 is 3.12. The molecule has 1 rings (SSSR count). The number of benzene rings is 1. The van der Waals surface area contributed by atoms with Crippen LogP contribution in [-0.2, 0) is 6.61 Å². The first-order valence-electron chi connectivity index (χ1n) is 4.53. The van der Waals surface area contributed by atoms with Gasteiger partial charge in [0.15, 0.2) is 5.78 Å². The van der Waals surface area contributed by atoms with Gasteiger partial charge in [-0.25, -0.2) is 0 Å². The van der Waals surface area contributed by atoms with E-state index in [0.717, 1.165) is 0 Å². The van der Waals surface area contributed by atoms with Gasteiger partial charge in [-0.2, -0.15) is 0 Å². The molecular weight excluding hydrogens is 278 g/mol. The Morgan fingerprint density at radius 1 is 1.62 bits per heavy atom. The maximum atomic E-state index is 11.7. The van der Waals surface area contributed by atoms with Crippen LogP contribution in [0.2, 0.25) is 0 Å². The summed E-state index contributed by atoms with van der Waals surface area (Å²) in [4.78, 5) is 21.2.